The maximum absolute atomic E-state index is 12.6. The number of carboxylic acid groups (broad SMARTS) is 1. The van der Waals surface area contributed by atoms with E-state index in [0.29, 0.717) is 44.1 Å². The lowest BCUT2D eigenvalue weighted by atomic mass is 9.48. The van der Waals surface area contributed by atoms with Crippen LogP contribution in [0.15, 0.2) is 47.6 Å². The molecule has 3 aliphatic carbocycles. The molecule has 0 unspecified atom stereocenters. The van der Waals surface area contributed by atoms with Gasteiger partial charge in [-0.3, -0.25) is 9.59 Å². The largest absolute Gasteiger partial charge is 0.481 e. The van der Waals surface area contributed by atoms with Crippen molar-refractivity contribution >= 4 is 11.9 Å². The van der Waals surface area contributed by atoms with Crippen LogP contribution in [0.3, 0.4) is 0 Å². The van der Waals surface area contributed by atoms with Gasteiger partial charge in [-0.25, -0.2) is 0 Å². The van der Waals surface area contributed by atoms with Crippen molar-refractivity contribution in [3.63, 3.8) is 0 Å². The molecule has 0 amide bonds. The van der Waals surface area contributed by atoms with E-state index >= 15 is 0 Å². The van der Waals surface area contributed by atoms with Crippen LogP contribution in [0, 0.1) is 34.0 Å². The minimum Gasteiger partial charge on any atom is -0.481 e. The molecule has 38 heavy (non-hydrogen) atoms. The number of carboxylic acids is 1. The molecule has 0 aromatic rings. The number of hydrogen-bond acceptors (Lipinski definition) is 5. The fourth-order valence-electron chi connectivity index (χ4n) is 7.95. The minimum atomic E-state index is -1.08. The first-order chi connectivity index (χ1) is 17.4. The van der Waals surface area contributed by atoms with E-state index in [1.165, 1.54) is 18.3 Å². The first-order valence-electron chi connectivity index (χ1n) is 13.9. The van der Waals surface area contributed by atoms with Gasteiger partial charge in [0.2, 0.25) is 0 Å². The topological polar surface area (TPSA) is 104 Å². The third-order valence-corrected chi connectivity index (χ3v) is 10.6. The molecule has 0 aromatic heterocycles. The van der Waals surface area contributed by atoms with Gasteiger partial charge < -0.3 is 20.1 Å². The molecule has 3 N–H and O–H groups in total. The monoisotopic (exact) mass is 528 g/mol. The van der Waals surface area contributed by atoms with E-state index in [9.17, 15) is 24.9 Å². The van der Waals surface area contributed by atoms with Gasteiger partial charge in [0.05, 0.1) is 24.7 Å². The first kappa shape index (κ1) is 30.4. The number of carbonyl (C=O) groups excluding carboxylic acids is 1. The number of methoxy groups -OCH3 is 1. The molecule has 0 bridgehead atoms. The standard InChI is InChI=1S/C32H48O6/c1-19(2)22-12-13-24-23(30(22,6)16-15-26(34)38-9)14-17-31(7)27(25(33)18-32(24,31)8)21(28(35)36)11-10-20(3)29(4,5)37/h13-14,21-22,25,27,33,37H,1,3,10-12,15-18H2,2,4-9H3,(H,35,36)/t21-,22-,25+,27-,30-,31+,32-/m0/s1. The van der Waals surface area contributed by atoms with E-state index in [4.69, 9.17) is 4.74 Å². The zero-order chi connectivity index (χ0) is 28.8. The number of ether oxygens (including phenoxy) is 1. The Morgan fingerprint density at radius 3 is 2.32 bits per heavy atom. The van der Waals surface area contributed by atoms with Crippen LogP contribution >= 0.6 is 0 Å². The van der Waals surface area contributed by atoms with Crippen molar-refractivity contribution in [2.45, 2.75) is 98.2 Å². The zero-order valence-electron chi connectivity index (χ0n) is 24.4. The van der Waals surface area contributed by atoms with Crippen molar-refractivity contribution in [1.29, 1.82) is 0 Å². The number of aliphatic carboxylic acids is 1. The molecule has 6 nitrogen and oxygen atoms in total. The summed E-state index contributed by atoms with van der Waals surface area (Å²) in [5.41, 5.74) is 1.77. The van der Waals surface area contributed by atoms with Crippen LogP contribution in [0.25, 0.3) is 0 Å². The third kappa shape index (κ3) is 4.95. The highest BCUT2D eigenvalue weighted by atomic mass is 16.5. The summed E-state index contributed by atoms with van der Waals surface area (Å²) in [6, 6.07) is 0. The van der Waals surface area contributed by atoms with E-state index in [2.05, 4.69) is 46.1 Å². The number of fused-ring (bicyclic) bond motifs is 3. The summed E-state index contributed by atoms with van der Waals surface area (Å²) in [5.74, 6) is -2.18. The SMILES string of the molecule is C=C(C)[C@@H]1CC=C2C(=CC[C@]3(C)[C@@H]([C@H](CCC(=C)C(C)(C)O)C(=O)O)[C@H](O)C[C@@]23C)[C@@]1(C)CCC(=O)OC. The Bertz CT molecular complexity index is 1060. The molecule has 212 valence electrons. The lowest BCUT2D eigenvalue weighted by Crippen LogP contribution is -2.48. The van der Waals surface area contributed by atoms with Crippen LogP contribution in [-0.2, 0) is 14.3 Å². The summed E-state index contributed by atoms with van der Waals surface area (Å²) in [6.45, 7) is 20.2. The van der Waals surface area contributed by atoms with Crippen LogP contribution in [-0.4, -0.2) is 46.1 Å². The molecule has 0 spiro atoms. The molecule has 1 fully saturated rings. The maximum atomic E-state index is 12.6. The number of aliphatic hydroxyl groups is 2. The van der Waals surface area contributed by atoms with Gasteiger partial charge in [-0.1, -0.05) is 51.7 Å². The van der Waals surface area contributed by atoms with Gasteiger partial charge in [-0.05, 0) is 92.8 Å². The predicted octanol–water partition coefficient (Wildman–Crippen LogP) is 6.00. The molecular formula is C32H48O6. The molecule has 1 saturated carbocycles. The maximum Gasteiger partial charge on any atom is 0.306 e. The number of aliphatic hydroxyl groups excluding tert-OH is 1. The highest BCUT2D eigenvalue weighted by Crippen LogP contribution is 2.70. The molecule has 0 aromatic carbocycles. The minimum absolute atomic E-state index is 0.178. The molecular weight excluding hydrogens is 480 g/mol. The smallest absolute Gasteiger partial charge is 0.306 e. The Morgan fingerprint density at radius 2 is 1.79 bits per heavy atom. The van der Waals surface area contributed by atoms with Crippen molar-refractivity contribution in [2.24, 2.45) is 34.0 Å². The fraction of sp³-hybridized carbons (Fsp3) is 0.688. The Hall–Kier alpha value is -2.18. The van der Waals surface area contributed by atoms with E-state index < -0.39 is 40.3 Å². The van der Waals surface area contributed by atoms with Crippen molar-refractivity contribution in [1.82, 2.24) is 0 Å². The second-order valence-electron chi connectivity index (χ2n) is 13.3. The molecule has 0 heterocycles. The third-order valence-electron chi connectivity index (χ3n) is 10.6. The second-order valence-corrected chi connectivity index (χ2v) is 13.3. The van der Waals surface area contributed by atoms with Gasteiger partial charge in [-0.2, -0.15) is 0 Å². The van der Waals surface area contributed by atoms with Crippen LogP contribution in [0.4, 0.5) is 0 Å². The van der Waals surface area contributed by atoms with Crippen molar-refractivity contribution in [3.05, 3.63) is 47.6 Å². The molecule has 6 heteroatoms. The number of allylic oxidation sites excluding steroid dienone is 5. The van der Waals surface area contributed by atoms with Gasteiger partial charge >= 0.3 is 11.9 Å². The van der Waals surface area contributed by atoms with Gasteiger partial charge in [0.25, 0.3) is 0 Å². The Balaban J connectivity index is 2.04. The molecule has 3 aliphatic rings. The molecule has 0 aliphatic heterocycles. The fourth-order valence-corrected chi connectivity index (χ4v) is 7.95. The van der Waals surface area contributed by atoms with Crippen LogP contribution in [0.2, 0.25) is 0 Å². The number of esters is 1. The number of carbonyl (C=O) groups is 2. The predicted molar refractivity (Wildman–Crippen MR) is 149 cm³/mol. The van der Waals surface area contributed by atoms with E-state index in [1.807, 2.05) is 6.92 Å². The van der Waals surface area contributed by atoms with E-state index in [1.54, 1.807) is 13.8 Å². The number of rotatable bonds is 10. The average molecular weight is 529 g/mol. The Kier molecular flexibility index (Phi) is 8.33. The molecule has 0 saturated heterocycles. The summed E-state index contributed by atoms with van der Waals surface area (Å²) in [7, 11) is 1.41. The van der Waals surface area contributed by atoms with E-state index in [-0.39, 0.29) is 17.3 Å². The van der Waals surface area contributed by atoms with Gasteiger partial charge in [-0.15, -0.1) is 0 Å². The van der Waals surface area contributed by atoms with E-state index in [0.717, 1.165) is 12.0 Å². The zero-order valence-corrected chi connectivity index (χ0v) is 24.4. The lowest BCUT2D eigenvalue weighted by molar-refractivity contribution is -0.148. The highest BCUT2D eigenvalue weighted by Gasteiger charge is 2.65. The first-order valence-corrected chi connectivity index (χ1v) is 13.9. The summed E-state index contributed by atoms with van der Waals surface area (Å²) in [6.07, 6.45) is 7.33. The van der Waals surface area contributed by atoms with Crippen LogP contribution in [0.1, 0.15) is 86.5 Å². The second kappa shape index (κ2) is 10.4. The molecule has 3 rings (SSSR count). The van der Waals surface area contributed by atoms with Gasteiger partial charge in [0.1, 0.15) is 0 Å². The van der Waals surface area contributed by atoms with Gasteiger partial charge in [0, 0.05) is 17.8 Å². The Labute approximate surface area is 228 Å². The van der Waals surface area contributed by atoms with Crippen molar-refractivity contribution < 1.29 is 29.6 Å². The van der Waals surface area contributed by atoms with Crippen LogP contribution in [0.5, 0.6) is 0 Å². The highest BCUT2D eigenvalue weighted by molar-refractivity contribution is 5.71. The summed E-state index contributed by atoms with van der Waals surface area (Å²) >= 11 is 0. The molecule has 7 atom stereocenters. The molecule has 0 radical (unpaired) electrons. The quantitative estimate of drug-likeness (QED) is 0.237. The normalized spacial score (nSPS) is 35.3. The Morgan fingerprint density at radius 1 is 1.16 bits per heavy atom. The summed E-state index contributed by atoms with van der Waals surface area (Å²) in [4.78, 5) is 24.7. The average Bonchev–Trinajstić information content (AvgIpc) is 3.02. The number of hydrogen-bond donors (Lipinski definition) is 3. The summed E-state index contributed by atoms with van der Waals surface area (Å²) < 4.78 is 4.95. The van der Waals surface area contributed by atoms with Crippen LogP contribution < -0.4 is 0 Å². The van der Waals surface area contributed by atoms with Gasteiger partial charge in [0.15, 0.2) is 0 Å². The lowest BCUT2D eigenvalue weighted by Gasteiger charge is -2.56. The summed E-state index contributed by atoms with van der Waals surface area (Å²) in [5, 5.41) is 32.1. The van der Waals surface area contributed by atoms with Crippen molar-refractivity contribution in [2.75, 3.05) is 7.11 Å². The van der Waals surface area contributed by atoms with Crippen molar-refractivity contribution in [3.8, 4) is 0 Å².